The molecule has 7 heteroatoms. The molecule has 0 aromatic rings. The normalized spacial score (nSPS) is 11.7. The number of hydrogen-bond donors (Lipinski definition) is 3. The van der Waals surface area contributed by atoms with Crippen molar-refractivity contribution in [2.45, 2.75) is 38.8 Å². The Morgan fingerprint density at radius 1 is 1.00 bits per heavy atom. The molecule has 0 fully saturated rings. The summed E-state index contributed by atoms with van der Waals surface area (Å²) < 4.78 is 4.60. The van der Waals surface area contributed by atoms with Gasteiger partial charge in [-0.25, -0.2) is 4.79 Å². The largest absolute Gasteiger partial charge is 0.467 e. The molecule has 0 saturated carbocycles. The Bertz CT molecular complexity index is 364. The minimum Gasteiger partial charge on any atom is -0.467 e. The second kappa shape index (κ2) is 6.51. The lowest BCUT2D eigenvalue weighted by molar-refractivity contribution is -0.150. The van der Waals surface area contributed by atoms with E-state index in [0.717, 1.165) is 0 Å². The standard InChI is InChI=1S/C12H23N3O4/c1-11(2,14-8(16)7-13-5)9(17)15-12(3,4)10(18)19-6/h13H,7H2,1-6H3,(H,14,16)(H,15,17). The highest BCUT2D eigenvalue weighted by Crippen LogP contribution is 2.09. The molecule has 0 saturated heterocycles. The van der Waals surface area contributed by atoms with E-state index in [9.17, 15) is 14.4 Å². The summed E-state index contributed by atoms with van der Waals surface area (Å²) >= 11 is 0. The van der Waals surface area contributed by atoms with Gasteiger partial charge in [0.15, 0.2) is 0 Å². The van der Waals surface area contributed by atoms with E-state index in [1.165, 1.54) is 21.0 Å². The smallest absolute Gasteiger partial charge is 0.330 e. The maximum atomic E-state index is 12.1. The van der Waals surface area contributed by atoms with E-state index in [4.69, 9.17) is 0 Å². The van der Waals surface area contributed by atoms with Crippen molar-refractivity contribution in [1.29, 1.82) is 0 Å². The van der Waals surface area contributed by atoms with Crippen LogP contribution in [0, 0.1) is 0 Å². The molecule has 110 valence electrons. The second-order valence-corrected chi connectivity index (χ2v) is 5.27. The van der Waals surface area contributed by atoms with Crippen molar-refractivity contribution in [3.63, 3.8) is 0 Å². The first-order chi connectivity index (χ1) is 8.56. The van der Waals surface area contributed by atoms with Gasteiger partial charge in [0.2, 0.25) is 11.8 Å². The molecule has 0 unspecified atom stereocenters. The van der Waals surface area contributed by atoms with Gasteiger partial charge in [-0.15, -0.1) is 0 Å². The predicted octanol–water partition coefficient (Wildman–Crippen LogP) is -0.832. The first-order valence-corrected chi connectivity index (χ1v) is 5.93. The van der Waals surface area contributed by atoms with E-state index in [0.29, 0.717) is 0 Å². The van der Waals surface area contributed by atoms with Crippen molar-refractivity contribution in [2.24, 2.45) is 0 Å². The number of likely N-dealkylation sites (N-methyl/N-ethyl adjacent to an activating group) is 1. The van der Waals surface area contributed by atoms with Gasteiger partial charge in [-0.3, -0.25) is 9.59 Å². The van der Waals surface area contributed by atoms with Crippen LogP contribution in [0.1, 0.15) is 27.7 Å². The summed E-state index contributed by atoms with van der Waals surface area (Å²) in [6.07, 6.45) is 0. The second-order valence-electron chi connectivity index (χ2n) is 5.27. The molecule has 19 heavy (non-hydrogen) atoms. The third kappa shape index (κ3) is 5.25. The number of methoxy groups -OCH3 is 1. The van der Waals surface area contributed by atoms with Crippen LogP contribution in [0.4, 0.5) is 0 Å². The molecule has 0 aliphatic heterocycles. The van der Waals surface area contributed by atoms with Crippen LogP contribution in [-0.4, -0.2) is 49.6 Å². The fraction of sp³-hybridized carbons (Fsp3) is 0.750. The van der Waals surface area contributed by atoms with Crippen molar-refractivity contribution < 1.29 is 19.1 Å². The lowest BCUT2D eigenvalue weighted by Gasteiger charge is -2.30. The van der Waals surface area contributed by atoms with Gasteiger partial charge in [-0.2, -0.15) is 0 Å². The molecule has 2 amide bonds. The van der Waals surface area contributed by atoms with Gasteiger partial charge in [-0.05, 0) is 34.7 Å². The summed E-state index contributed by atoms with van der Waals surface area (Å²) in [7, 11) is 2.88. The average Bonchev–Trinajstić information content (AvgIpc) is 2.26. The number of rotatable bonds is 6. The van der Waals surface area contributed by atoms with Crippen LogP contribution in [0.25, 0.3) is 0 Å². The summed E-state index contributed by atoms with van der Waals surface area (Å²) in [5, 5.41) is 7.80. The van der Waals surface area contributed by atoms with Crippen LogP contribution < -0.4 is 16.0 Å². The Hall–Kier alpha value is -1.63. The van der Waals surface area contributed by atoms with E-state index in [2.05, 4.69) is 20.7 Å². The van der Waals surface area contributed by atoms with Gasteiger partial charge in [0.25, 0.3) is 0 Å². The predicted molar refractivity (Wildman–Crippen MR) is 70.4 cm³/mol. The van der Waals surface area contributed by atoms with Gasteiger partial charge >= 0.3 is 5.97 Å². The molecule has 0 aromatic carbocycles. The highest BCUT2D eigenvalue weighted by Gasteiger charge is 2.37. The molecular formula is C12H23N3O4. The van der Waals surface area contributed by atoms with E-state index in [1.54, 1.807) is 20.9 Å². The quantitative estimate of drug-likeness (QED) is 0.549. The van der Waals surface area contributed by atoms with Gasteiger partial charge in [-0.1, -0.05) is 0 Å². The Morgan fingerprint density at radius 2 is 1.53 bits per heavy atom. The van der Waals surface area contributed by atoms with Crippen LogP contribution >= 0.6 is 0 Å². The zero-order chi connectivity index (χ0) is 15.3. The zero-order valence-corrected chi connectivity index (χ0v) is 12.3. The van der Waals surface area contributed by atoms with Crippen LogP contribution in [0.15, 0.2) is 0 Å². The van der Waals surface area contributed by atoms with E-state index in [-0.39, 0.29) is 12.5 Å². The number of carbonyl (C=O) groups excluding carboxylic acids is 3. The molecule has 0 bridgehead atoms. The van der Waals surface area contributed by atoms with Crippen molar-refractivity contribution in [2.75, 3.05) is 20.7 Å². The summed E-state index contributed by atoms with van der Waals surface area (Å²) in [4.78, 5) is 35.0. The number of esters is 1. The van der Waals surface area contributed by atoms with Crippen LogP contribution in [0.2, 0.25) is 0 Å². The Balaban J connectivity index is 4.72. The van der Waals surface area contributed by atoms with Crippen LogP contribution in [-0.2, 0) is 19.1 Å². The van der Waals surface area contributed by atoms with E-state index < -0.39 is 23.0 Å². The monoisotopic (exact) mass is 273 g/mol. The minimum absolute atomic E-state index is 0.108. The maximum absolute atomic E-state index is 12.1. The molecule has 0 heterocycles. The molecule has 7 nitrogen and oxygen atoms in total. The topological polar surface area (TPSA) is 96.5 Å². The molecule has 0 spiro atoms. The van der Waals surface area contributed by atoms with Crippen LogP contribution in [0.5, 0.6) is 0 Å². The van der Waals surface area contributed by atoms with Crippen molar-refractivity contribution in [3.8, 4) is 0 Å². The lowest BCUT2D eigenvalue weighted by atomic mass is 9.99. The first-order valence-electron chi connectivity index (χ1n) is 5.93. The fourth-order valence-corrected chi connectivity index (χ4v) is 1.36. The average molecular weight is 273 g/mol. The summed E-state index contributed by atoms with van der Waals surface area (Å²) in [5.41, 5.74) is -2.28. The molecule has 0 aliphatic rings. The number of nitrogens with one attached hydrogen (secondary N) is 3. The zero-order valence-electron chi connectivity index (χ0n) is 12.3. The van der Waals surface area contributed by atoms with Crippen molar-refractivity contribution >= 4 is 17.8 Å². The van der Waals surface area contributed by atoms with Gasteiger partial charge < -0.3 is 20.7 Å². The Morgan fingerprint density at radius 3 is 1.95 bits per heavy atom. The first kappa shape index (κ1) is 17.4. The maximum Gasteiger partial charge on any atom is 0.330 e. The number of ether oxygens (including phenoxy) is 1. The molecule has 3 N–H and O–H groups in total. The highest BCUT2D eigenvalue weighted by molar-refractivity contribution is 5.94. The minimum atomic E-state index is -1.16. The van der Waals surface area contributed by atoms with Gasteiger partial charge in [0.1, 0.15) is 11.1 Å². The molecule has 0 radical (unpaired) electrons. The Kier molecular flexibility index (Phi) is 5.95. The molecular weight excluding hydrogens is 250 g/mol. The molecule has 0 aromatic heterocycles. The number of carbonyl (C=O) groups is 3. The van der Waals surface area contributed by atoms with E-state index in [1.807, 2.05) is 0 Å². The van der Waals surface area contributed by atoms with Gasteiger partial charge in [0.05, 0.1) is 13.7 Å². The number of amides is 2. The third-order valence-electron chi connectivity index (χ3n) is 2.48. The molecule has 0 aliphatic carbocycles. The summed E-state index contributed by atoms with van der Waals surface area (Å²) in [5.74, 6) is -1.33. The SMILES string of the molecule is CNCC(=O)NC(C)(C)C(=O)NC(C)(C)C(=O)OC. The summed E-state index contributed by atoms with van der Waals surface area (Å²) in [6, 6.07) is 0. The molecule has 0 rings (SSSR count). The lowest BCUT2D eigenvalue weighted by Crippen LogP contribution is -2.61. The van der Waals surface area contributed by atoms with Crippen molar-refractivity contribution in [1.82, 2.24) is 16.0 Å². The molecule has 0 atom stereocenters. The van der Waals surface area contributed by atoms with E-state index >= 15 is 0 Å². The fourth-order valence-electron chi connectivity index (χ4n) is 1.36. The summed E-state index contributed by atoms with van der Waals surface area (Å²) in [6.45, 7) is 6.29. The third-order valence-corrected chi connectivity index (χ3v) is 2.48. The van der Waals surface area contributed by atoms with Crippen LogP contribution in [0.3, 0.4) is 0 Å². The van der Waals surface area contributed by atoms with Gasteiger partial charge in [0, 0.05) is 0 Å². The van der Waals surface area contributed by atoms with Crippen molar-refractivity contribution in [3.05, 3.63) is 0 Å². The highest BCUT2D eigenvalue weighted by atomic mass is 16.5. The number of hydrogen-bond acceptors (Lipinski definition) is 5. The Labute approximate surface area is 113 Å².